The molecule has 120 valence electrons. The first kappa shape index (κ1) is 16.1. The van der Waals surface area contributed by atoms with E-state index in [0.29, 0.717) is 25.2 Å². The maximum absolute atomic E-state index is 12.6. The summed E-state index contributed by atoms with van der Waals surface area (Å²) in [7, 11) is 1.61. The van der Waals surface area contributed by atoms with Crippen LogP contribution in [0.1, 0.15) is 18.4 Å². The molecule has 1 fully saturated rings. The van der Waals surface area contributed by atoms with Gasteiger partial charge in [0.15, 0.2) is 0 Å². The van der Waals surface area contributed by atoms with E-state index in [1.807, 2.05) is 4.98 Å². The summed E-state index contributed by atoms with van der Waals surface area (Å²) < 4.78 is 37.8. The molecule has 1 saturated heterocycles. The number of hydrogen-bond acceptors (Lipinski definition) is 3. The summed E-state index contributed by atoms with van der Waals surface area (Å²) in [6.45, 7) is 0.385. The molecule has 0 aliphatic carbocycles. The molecule has 9 heteroatoms. The number of pyridine rings is 1. The van der Waals surface area contributed by atoms with E-state index in [-0.39, 0.29) is 12.3 Å². The molecule has 1 aromatic heterocycles. The Labute approximate surface area is 123 Å². The first-order chi connectivity index (χ1) is 10.2. The number of carbonyl (C=O) groups is 2. The fourth-order valence-electron chi connectivity index (χ4n) is 2.14. The normalized spacial score (nSPS) is 19.2. The topological polar surface area (TPSA) is 82.3 Å². The van der Waals surface area contributed by atoms with Crippen LogP contribution < -0.4 is 10.9 Å². The predicted octanol–water partition coefficient (Wildman–Crippen LogP) is 1.20. The number of halogens is 3. The third-order valence-electron chi connectivity index (χ3n) is 3.52. The number of anilines is 1. The number of alkyl halides is 3. The van der Waals surface area contributed by atoms with Crippen LogP contribution in [0.5, 0.6) is 0 Å². The van der Waals surface area contributed by atoms with Crippen molar-refractivity contribution in [3.8, 4) is 0 Å². The number of piperidine rings is 1. The fourth-order valence-corrected chi connectivity index (χ4v) is 2.14. The second-order valence-corrected chi connectivity index (χ2v) is 5.12. The predicted molar refractivity (Wildman–Crippen MR) is 71.1 cm³/mol. The second-order valence-electron chi connectivity index (χ2n) is 5.12. The van der Waals surface area contributed by atoms with Crippen LogP contribution in [-0.2, 0) is 15.8 Å². The van der Waals surface area contributed by atoms with Crippen LogP contribution in [0, 0.1) is 5.92 Å². The largest absolute Gasteiger partial charge is 0.417 e. The number of H-pyrrole nitrogens is 1. The molecule has 1 aliphatic heterocycles. The van der Waals surface area contributed by atoms with Gasteiger partial charge in [-0.2, -0.15) is 13.2 Å². The van der Waals surface area contributed by atoms with Crippen LogP contribution in [-0.4, -0.2) is 35.3 Å². The Kier molecular flexibility index (Phi) is 4.25. The van der Waals surface area contributed by atoms with Gasteiger partial charge >= 0.3 is 6.18 Å². The number of nitrogens with zero attached hydrogens (tertiary/aromatic N) is 1. The zero-order valence-electron chi connectivity index (χ0n) is 11.7. The van der Waals surface area contributed by atoms with Gasteiger partial charge in [-0.3, -0.25) is 14.4 Å². The van der Waals surface area contributed by atoms with Gasteiger partial charge in [-0.15, -0.1) is 0 Å². The Morgan fingerprint density at radius 2 is 2.09 bits per heavy atom. The molecule has 0 spiro atoms. The second kappa shape index (κ2) is 5.82. The zero-order chi connectivity index (χ0) is 16.5. The number of hydrogen-bond donors (Lipinski definition) is 2. The van der Waals surface area contributed by atoms with Crippen molar-refractivity contribution in [3.63, 3.8) is 0 Å². The van der Waals surface area contributed by atoms with Crippen LogP contribution in [0.4, 0.5) is 18.9 Å². The van der Waals surface area contributed by atoms with Crippen molar-refractivity contribution >= 4 is 17.5 Å². The Bertz CT molecular complexity index is 654. The summed E-state index contributed by atoms with van der Waals surface area (Å²) in [5.41, 5.74) is -2.38. The summed E-state index contributed by atoms with van der Waals surface area (Å²) in [5.74, 6) is -1.51. The Morgan fingerprint density at radius 3 is 2.68 bits per heavy atom. The van der Waals surface area contributed by atoms with Gasteiger partial charge in [0.1, 0.15) is 5.69 Å². The molecule has 2 amide bonds. The highest BCUT2D eigenvalue weighted by molar-refractivity contribution is 5.95. The van der Waals surface area contributed by atoms with Gasteiger partial charge in [-0.25, -0.2) is 0 Å². The first-order valence-electron chi connectivity index (χ1n) is 6.53. The van der Waals surface area contributed by atoms with Crippen molar-refractivity contribution < 1.29 is 22.8 Å². The maximum atomic E-state index is 12.6. The van der Waals surface area contributed by atoms with Gasteiger partial charge in [-0.1, -0.05) is 0 Å². The van der Waals surface area contributed by atoms with Crippen LogP contribution in [0.2, 0.25) is 0 Å². The highest BCUT2D eigenvalue weighted by Gasteiger charge is 2.32. The quantitative estimate of drug-likeness (QED) is 0.860. The Balaban J connectivity index is 2.15. The van der Waals surface area contributed by atoms with Crippen molar-refractivity contribution in [3.05, 3.63) is 28.2 Å². The molecule has 2 N–H and O–H groups in total. The van der Waals surface area contributed by atoms with Gasteiger partial charge in [0.05, 0.1) is 5.56 Å². The van der Waals surface area contributed by atoms with E-state index in [2.05, 4.69) is 5.32 Å². The summed E-state index contributed by atoms with van der Waals surface area (Å²) in [4.78, 5) is 38.5. The molecule has 0 radical (unpaired) electrons. The van der Waals surface area contributed by atoms with Crippen molar-refractivity contribution in [1.82, 2.24) is 9.88 Å². The average Bonchev–Trinajstić information content (AvgIpc) is 2.43. The van der Waals surface area contributed by atoms with E-state index in [9.17, 15) is 27.6 Å². The summed E-state index contributed by atoms with van der Waals surface area (Å²) in [5, 5.41) is 2.17. The molecule has 0 unspecified atom stereocenters. The minimum Gasteiger partial charge on any atom is -0.346 e. The standard InChI is InChI=1S/C13H14F3N3O3/c1-19-3-2-7(4-10(19)20)11(21)18-9-5-8(13(14,15)16)6-17-12(9)22/h5-7H,2-4H2,1H3,(H,17,22)(H,18,21)/t7-/m1/s1. The number of carbonyl (C=O) groups excluding carboxylic acids is 2. The molecular weight excluding hydrogens is 303 g/mol. The Morgan fingerprint density at radius 1 is 1.41 bits per heavy atom. The SMILES string of the molecule is CN1CC[C@@H](C(=O)Nc2cc(C(F)(F)F)c[nH]c2=O)CC1=O. The number of amides is 2. The molecule has 1 aliphatic rings. The number of aromatic amines is 1. The highest BCUT2D eigenvalue weighted by Crippen LogP contribution is 2.29. The highest BCUT2D eigenvalue weighted by atomic mass is 19.4. The summed E-state index contributed by atoms with van der Waals surface area (Å²) >= 11 is 0. The lowest BCUT2D eigenvalue weighted by molar-refractivity contribution is -0.137. The molecule has 0 saturated carbocycles. The number of likely N-dealkylation sites (tertiary alicyclic amines) is 1. The summed E-state index contributed by atoms with van der Waals surface area (Å²) in [6.07, 6.45) is -3.73. The lowest BCUT2D eigenvalue weighted by Gasteiger charge is -2.27. The van der Waals surface area contributed by atoms with E-state index in [4.69, 9.17) is 0 Å². The third kappa shape index (κ3) is 3.46. The van der Waals surface area contributed by atoms with E-state index >= 15 is 0 Å². The molecule has 1 aromatic rings. The van der Waals surface area contributed by atoms with E-state index in [0.717, 1.165) is 0 Å². The van der Waals surface area contributed by atoms with Crippen LogP contribution in [0.3, 0.4) is 0 Å². The Hall–Kier alpha value is -2.32. The number of aromatic nitrogens is 1. The minimum absolute atomic E-state index is 0.0286. The molecule has 0 aromatic carbocycles. The zero-order valence-corrected chi connectivity index (χ0v) is 11.7. The third-order valence-corrected chi connectivity index (χ3v) is 3.52. The van der Waals surface area contributed by atoms with Gasteiger partial charge in [0.2, 0.25) is 11.8 Å². The van der Waals surface area contributed by atoms with Gasteiger partial charge < -0.3 is 15.2 Å². The molecule has 22 heavy (non-hydrogen) atoms. The van der Waals surface area contributed by atoms with Crippen molar-refractivity contribution in [2.24, 2.45) is 5.92 Å². The van der Waals surface area contributed by atoms with E-state index < -0.39 is 34.8 Å². The smallest absolute Gasteiger partial charge is 0.346 e. The van der Waals surface area contributed by atoms with Crippen molar-refractivity contribution in [2.45, 2.75) is 19.0 Å². The molecule has 0 bridgehead atoms. The van der Waals surface area contributed by atoms with Gasteiger partial charge in [0.25, 0.3) is 5.56 Å². The average molecular weight is 317 g/mol. The fraction of sp³-hybridized carbons (Fsp3) is 0.462. The van der Waals surface area contributed by atoms with Gasteiger partial charge in [-0.05, 0) is 12.5 Å². The van der Waals surface area contributed by atoms with Crippen LogP contribution in [0.25, 0.3) is 0 Å². The maximum Gasteiger partial charge on any atom is 0.417 e. The first-order valence-corrected chi connectivity index (χ1v) is 6.53. The van der Waals surface area contributed by atoms with Crippen molar-refractivity contribution in [2.75, 3.05) is 18.9 Å². The summed E-state index contributed by atoms with van der Waals surface area (Å²) in [6, 6.07) is 0.577. The van der Waals surface area contributed by atoms with Crippen LogP contribution in [0.15, 0.2) is 17.1 Å². The van der Waals surface area contributed by atoms with E-state index in [1.165, 1.54) is 4.90 Å². The molecule has 2 heterocycles. The number of rotatable bonds is 2. The van der Waals surface area contributed by atoms with Crippen molar-refractivity contribution in [1.29, 1.82) is 0 Å². The molecule has 6 nitrogen and oxygen atoms in total. The molecule has 2 rings (SSSR count). The minimum atomic E-state index is -4.63. The molecule has 1 atom stereocenters. The van der Waals surface area contributed by atoms with E-state index in [1.54, 1.807) is 7.05 Å². The lowest BCUT2D eigenvalue weighted by Crippen LogP contribution is -2.40. The lowest BCUT2D eigenvalue weighted by atomic mass is 9.95. The number of nitrogens with one attached hydrogen (secondary N) is 2. The van der Waals surface area contributed by atoms with Crippen LogP contribution >= 0.6 is 0 Å². The van der Waals surface area contributed by atoms with Gasteiger partial charge in [0, 0.05) is 32.1 Å². The monoisotopic (exact) mass is 317 g/mol. The molecular formula is C13H14F3N3O3.